The molecule has 22 heavy (non-hydrogen) atoms. The zero-order chi connectivity index (χ0) is 16.0. The maximum absolute atomic E-state index is 6.97. The Balaban J connectivity index is 1.86. The van der Waals surface area contributed by atoms with E-state index in [9.17, 15) is 0 Å². The third-order valence-corrected chi connectivity index (χ3v) is 6.39. The van der Waals surface area contributed by atoms with Crippen LogP contribution in [0.25, 0.3) is 0 Å². The van der Waals surface area contributed by atoms with Crippen LogP contribution in [0.2, 0.25) is 0 Å². The number of halogens is 2. The van der Waals surface area contributed by atoms with Crippen LogP contribution in [-0.2, 0) is 0 Å². The maximum Gasteiger partial charge on any atom is 0.0838 e. The third kappa shape index (κ3) is 5.03. The maximum atomic E-state index is 6.97. The van der Waals surface area contributed by atoms with Gasteiger partial charge < -0.3 is 0 Å². The van der Waals surface area contributed by atoms with Gasteiger partial charge in [0.05, 0.1) is 10.3 Å². The van der Waals surface area contributed by atoms with Crippen molar-refractivity contribution in [3.63, 3.8) is 0 Å². The van der Waals surface area contributed by atoms with Crippen LogP contribution >= 0.6 is 23.2 Å². The molecule has 1 saturated carbocycles. The number of hydrogen-bond donors (Lipinski definition) is 0. The van der Waals surface area contributed by atoms with Crippen molar-refractivity contribution >= 4 is 23.2 Å². The van der Waals surface area contributed by atoms with Gasteiger partial charge in [0.2, 0.25) is 0 Å². The highest BCUT2D eigenvalue weighted by atomic mass is 35.5. The summed E-state index contributed by atoms with van der Waals surface area (Å²) >= 11 is 13.5. The van der Waals surface area contributed by atoms with Crippen molar-refractivity contribution in [1.82, 2.24) is 0 Å². The summed E-state index contributed by atoms with van der Waals surface area (Å²) in [7, 11) is 0. The third-order valence-electron chi connectivity index (χ3n) is 5.42. The summed E-state index contributed by atoms with van der Waals surface area (Å²) in [6.07, 6.45) is 19.5. The summed E-state index contributed by atoms with van der Waals surface area (Å²) in [5.74, 6) is 1.40. The lowest BCUT2D eigenvalue weighted by Gasteiger charge is -2.32. The van der Waals surface area contributed by atoms with Gasteiger partial charge in [-0.15, -0.1) is 23.2 Å². The van der Waals surface area contributed by atoms with Crippen LogP contribution < -0.4 is 0 Å². The van der Waals surface area contributed by atoms with Crippen molar-refractivity contribution in [3.05, 3.63) is 23.8 Å². The molecule has 0 spiro atoms. The average Bonchev–Trinajstić information content (AvgIpc) is 2.94. The number of unbranched alkanes of at least 4 members (excludes halogenated alkanes) is 5. The largest absolute Gasteiger partial charge is 0.114 e. The first-order chi connectivity index (χ1) is 10.5. The molecule has 126 valence electrons. The fourth-order valence-corrected chi connectivity index (χ4v) is 4.61. The monoisotopic (exact) mass is 342 g/mol. The van der Waals surface area contributed by atoms with Crippen LogP contribution in [0.5, 0.6) is 0 Å². The van der Waals surface area contributed by atoms with Gasteiger partial charge in [0.25, 0.3) is 0 Å². The fourth-order valence-electron chi connectivity index (χ4n) is 3.95. The molecule has 2 heteroatoms. The van der Waals surface area contributed by atoms with E-state index in [1.165, 1.54) is 63.4 Å². The van der Waals surface area contributed by atoms with Crippen LogP contribution in [0.15, 0.2) is 23.8 Å². The van der Waals surface area contributed by atoms with Gasteiger partial charge >= 0.3 is 0 Å². The lowest BCUT2D eigenvalue weighted by molar-refractivity contribution is 0.467. The Kier molecular flexibility index (Phi) is 7.35. The summed E-state index contributed by atoms with van der Waals surface area (Å²) in [4.78, 5) is -0.270. The molecule has 0 heterocycles. The van der Waals surface area contributed by atoms with E-state index < -0.39 is 0 Å². The zero-order valence-electron chi connectivity index (χ0n) is 14.3. The molecule has 1 fully saturated rings. The molecule has 4 atom stereocenters. The van der Waals surface area contributed by atoms with Crippen molar-refractivity contribution in [2.45, 2.75) is 88.3 Å². The molecule has 0 bridgehead atoms. The second kappa shape index (κ2) is 8.78. The van der Waals surface area contributed by atoms with Gasteiger partial charge in [-0.25, -0.2) is 0 Å². The SMILES string of the molecule is CCCCCCCCC1=CC(Cl)(C2CCC(C)C2)C=CC1Cl. The van der Waals surface area contributed by atoms with Crippen LogP contribution in [0.1, 0.15) is 78.1 Å². The van der Waals surface area contributed by atoms with E-state index in [0.717, 1.165) is 12.3 Å². The molecule has 0 N–H and O–H groups in total. The average molecular weight is 343 g/mol. The molecule has 0 saturated heterocycles. The summed E-state index contributed by atoms with van der Waals surface area (Å²) in [6, 6.07) is 0. The summed E-state index contributed by atoms with van der Waals surface area (Å²) < 4.78 is 0. The minimum atomic E-state index is -0.270. The highest BCUT2D eigenvalue weighted by Gasteiger charge is 2.39. The van der Waals surface area contributed by atoms with Gasteiger partial charge in [-0.1, -0.05) is 76.2 Å². The van der Waals surface area contributed by atoms with Crippen molar-refractivity contribution in [3.8, 4) is 0 Å². The van der Waals surface area contributed by atoms with Crippen LogP contribution in [0, 0.1) is 11.8 Å². The molecular formula is C20H32Cl2. The zero-order valence-corrected chi connectivity index (χ0v) is 15.8. The highest BCUT2D eigenvalue weighted by molar-refractivity contribution is 6.28. The first-order valence-corrected chi connectivity index (χ1v) is 10.1. The van der Waals surface area contributed by atoms with Crippen LogP contribution in [0.4, 0.5) is 0 Å². The molecular weight excluding hydrogens is 311 g/mol. The molecule has 2 aliphatic rings. The van der Waals surface area contributed by atoms with Crippen LogP contribution in [-0.4, -0.2) is 10.3 Å². The Labute approximate surface area is 147 Å². The Morgan fingerprint density at radius 3 is 2.55 bits per heavy atom. The molecule has 4 unspecified atom stereocenters. The van der Waals surface area contributed by atoms with E-state index in [1.807, 2.05) is 0 Å². The molecule has 0 amide bonds. The number of rotatable bonds is 8. The van der Waals surface area contributed by atoms with Gasteiger partial charge in [-0.3, -0.25) is 0 Å². The van der Waals surface area contributed by atoms with Gasteiger partial charge in [0.1, 0.15) is 0 Å². The predicted octanol–water partition coefficient (Wildman–Crippen LogP) is 7.25. The minimum absolute atomic E-state index is 0.0568. The van der Waals surface area contributed by atoms with Crippen molar-refractivity contribution in [1.29, 1.82) is 0 Å². The number of alkyl halides is 2. The van der Waals surface area contributed by atoms with E-state index in [1.54, 1.807) is 0 Å². The van der Waals surface area contributed by atoms with E-state index >= 15 is 0 Å². The molecule has 0 aromatic carbocycles. The quantitative estimate of drug-likeness (QED) is 0.247. The Hall–Kier alpha value is 0.0600. The molecule has 2 rings (SSSR count). The van der Waals surface area contributed by atoms with E-state index in [4.69, 9.17) is 23.2 Å². The van der Waals surface area contributed by atoms with E-state index in [2.05, 4.69) is 32.1 Å². The van der Waals surface area contributed by atoms with Crippen molar-refractivity contribution in [2.24, 2.45) is 11.8 Å². The molecule has 0 nitrogen and oxygen atoms in total. The lowest BCUT2D eigenvalue weighted by atomic mass is 9.82. The normalized spacial score (nSPS) is 34.9. The molecule has 0 aromatic rings. The Bertz CT molecular complexity index is 399. The lowest BCUT2D eigenvalue weighted by Crippen LogP contribution is -2.30. The minimum Gasteiger partial charge on any atom is -0.114 e. The van der Waals surface area contributed by atoms with Gasteiger partial charge in [-0.05, 0) is 37.5 Å². The summed E-state index contributed by atoms with van der Waals surface area (Å²) in [5.41, 5.74) is 1.36. The van der Waals surface area contributed by atoms with E-state index in [0.29, 0.717) is 5.92 Å². The summed E-state index contributed by atoms with van der Waals surface area (Å²) in [5, 5.41) is 0.0568. The molecule has 0 radical (unpaired) electrons. The summed E-state index contributed by atoms with van der Waals surface area (Å²) in [6.45, 7) is 4.61. The van der Waals surface area contributed by atoms with Gasteiger partial charge in [0.15, 0.2) is 0 Å². The van der Waals surface area contributed by atoms with Gasteiger partial charge in [-0.2, -0.15) is 0 Å². The van der Waals surface area contributed by atoms with Crippen molar-refractivity contribution in [2.75, 3.05) is 0 Å². The second-order valence-corrected chi connectivity index (χ2v) is 8.57. The van der Waals surface area contributed by atoms with Crippen molar-refractivity contribution < 1.29 is 0 Å². The topological polar surface area (TPSA) is 0 Å². The van der Waals surface area contributed by atoms with Crippen LogP contribution in [0.3, 0.4) is 0 Å². The molecule has 2 aliphatic carbocycles. The first kappa shape index (κ1) is 18.4. The Morgan fingerprint density at radius 2 is 1.86 bits per heavy atom. The molecule has 0 aliphatic heterocycles. The fraction of sp³-hybridized carbons (Fsp3) is 0.800. The number of allylic oxidation sites excluding steroid dienone is 4. The van der Waals surface area contributed by atoms with Gasteiger partial charge in [0, 0.05) is 0 Å². The molecule has 0 aromatic heterocycles. The predicted molar refractivity (Wildman–Crippen MR) is 99.9 cm³/mol. The van der Waals surface area contributed by atoms with E-state index in [-0.39, 0.29) is 10.3 Å². The standard InChI is InChI=1S/C20H32Cl2/c1-3-4-5-6-7-8-9-17-15-20(22,13-12-19(17)21)18-11-10-16(2)14-18/h12-13,15-16,18-19H,3-11,14H2,1-2H3. The second-order valence-electron chi connectivity index (χ2n) is 7.44. The first-order valence-electron chi connectivity index (χ1n) is 9.29. The number of hydrogen-bond acceptors (Lipinski definition) is 0. The Morgan fingerprint density at radius 1 is 1.14 bits per heavy atom. The smallest absolute Gasteiger partial charge is 0.0838 e. The highest BCUT2D eigenvalue weighted by Crippen LogP contribution is 2.45.